The summed E-state index contributed by atoms with van der Waals surface area (Å²) in [6, 6.07) is 3.59. The summed E-state index contributed by atoms with van der Waals surface area (Å²) >= 11 is 0. The molecule has 2 aliphatic heterocycles. The van der Waals surface area contributed by atoms with Crippen LogP contribution in [0.4, 0.5) is 19.1 Å². The minimum Gasteiger partial charge on any atom is -0.507 e. The molecule has 0 saturated carbocycles. The number of aryl methyl sites for hydroxylation is 1. The lowest BCUT2D eigenvalue weighted by atomic mass is 9.92. The van der Waals surface area contributed by atoms with Gasteiger partial charge in [0.25, 0.3) is 0 Å². The third kappa shape index (κ3) is 4.07. The predicted octanol–water partition coefficient (Wildman–Crippen LogP) is 2.98. The molecule has 2 saturated heterocycles. The number of piperidine rings is 1. The highest BCUT2D eigenvalue weighted by atomic mass is 19.4. The minimum atomic E-state index is -4.82. The van der Waals surface area contributed by atoms with E-state index in [0.29, 0.717) is 23.6 Å². The van der Waals surface area contributed by atoms with Crippen LogP contribution in [0.2, 0.25) is 0 Å². The fourth-order valence-corrected chi connectivity index (χ4v) is 4.21. The maximum atomic E-state index is 12.5. The Balaban J connectivity index is 1.62. The largest absolute Gasteiger partial charge is 0.573 e. The SMILES string of the molecule is Cc1nc(N2CC[C@@H]3CCN(C)C[C@@H]32)nnc1-c1cc(OC(F)(F)F)ccc1O. The van der Waals surface area contributed by atoms with Gasteiger partial charge in [0, 0.05) is 24.7 Å². The second kappa shape index (κ2) is 7.33. The number of phenolic OH excluding ortho intramolecular Hbond substituents is 1. The molecule has 0 amide bonds. The summed E-state index contributed by atoms with van der Waals surface area (Å²) in [6.07, 6.45) is -2.60. The van der Waals surface area contributed by atoms with Gasteiger partial charge in [-0.25, -0.2) is 4.98 Å². The number of likely N-dealkylation sites (tertiary alicyclic amines) is 1. The summed E-state index contributed by atoms with van der Waals surface area (Å²) < 4.78 is 41.5. The molecule has 0 unspecified atom stereocenters. The van der Waals surface area contributed by atoms with Gasteiger partial charge in [0.2, 0.25) is 5.95 Å². The Morgan fingerprint density at radius 3 is 2.66 bits per heavy atom. The average molecular weight is 409 g/mol. The number of halogens is 3. The lowest BCUT2D eigenvalue weighted by molar-refractivity contribution is -0.274. The first-order valence-corrected chi connectivity index (χ1v) is 9.47. The highest BCUT2D eigenvalue weighted by molar-refractivity contribution is 5.70. The van der Waals surface area contributed by atoms with Gasteiger partial charge in [0.15, 0.2) is 0 Å². The van der Waals surface area contributed by atoms with Crippen LogP contribution >= 0.6 is 0 Å². The number of fused-ring (bicyclic) bond motifs is 1. The molecule has 29 heavy (non-hydrogen) atoms. The molecule has 1 aromatic heterocycles. The molecule has 2 fully saturated rings. The summed E-state index contributed by atoms with van der Waals surface area (Å²) in [7, 11) is 2.10. The molecule has 2 aliphatic rings. The summed E-state index contributed by atoms with van der Waals surface area (Å²) in [5.41, 5.74) is 0.782. The number of alkyl halides is 3. The van der Waals surface area contributed by atoms with Gasteiger partial charge < -0.3 is 19.6 Å². The van der Waals surface area contributed by atoms with Crippen LogP contribution in [-0.2, 0) is 0 Å². The second-order valence-electron chi connectivity index (χ2n) is 7.63. The molecule has 10 heteroatoms. The van der Waals surface area contributed by atoms with Gasteiger partial charge in [-0.05, 0) is 57.5 Å². The van der Waals surface area contributed by atoms with E-state index in [-0.39, 0.29) is 17.0 Å². The van der Waals surface area contributed by atoms with E-state index in [1.165, 1.54) is 0 Å². The lowest BCUT2D eigenvalue weighted by Gasteiger charge is -2.36. The van der Waals surface area contributed by atoms with Crippen molar-refractivity contribution >= 4 is 5.95 Å². The van der Waals surface area contributed by atoms with Gasteiger partial charge in [0.1, 0.15) is 17.2 Å². The topological polar surface area (TPSA) is 74.6 Å². The third-order valence-electron chi connectivity index (χ3n) is 5.63. The summed E-state index contributed by atoms with van der Waals surface area (Å²) in [5.74, 6) is 0.455. The number of nitrogens with zero attached hydrogens (tertiary/aromatic N) is 5. The van der Waals surface area contributed by atoms with Gasteiger partial charge >= 0.3 is 6.36 Å². The molecular weight excluding hydrogens is 387 g/mol. The Bertz CT molecular complexity index is 908. The van der Waals surface area contributed by atoms with E-state index >= 15 is 0 Å². The molecule has 1 aromatic carbocycles. The maximum absolute atomic E-state index is 12.5. The smallest absolute Gasteiger partial charge is 0.507 e. The van der Waals surface area contributed by atoms with Crippen LogP contribution in [0.15, 0.2) is 18.2 Å². The van der Waals surface area contributed by atoms with E-state index in [2.05, 4.69) is 36.8 Å². The predicted molar refractivity (Wildman–Crippen MR) is 99.7 cm³/mol. The van der Waals surface area contributed by atoms with Gasteiger partial charge in [-0.1, -0.05) is 0 Å². The van der Waals surface area contributed by atoms with E-state index in [1.807, 2.05) is 0 Å². The highest BCUT2D eigenvalue weighted by Crippen LogP contribution is 2.36. The number of hydrogen-bond donors (Lipinski definition) is 1. The number of hydrogen-bond acceptors (Lipinski definition) is 7. The number of ether oxygens (including phenoxy) is 1. The Labute approximate surface area is 166 Å². The Morgan fingerprint density at radius 2 is 1.93 bits per heavy atom. The Morgan fingerprint density at radius 1 is 1.17 bits per heavy atom. The average Bonchev–Trinajstić information content (AvgIpc) is 3.05. The first-order valence-electron chi connectivity index (χ1n) is 9.47. The van der Waals surface area contributed by atoms with E-state index in [1.54, 1.807) is 6.92 Å². The minimum absolute atomic E-state index is 0.0903. The number of anilines is 1. The summed E-state index contributed by atoms with van der Waals surface area (Å²) in [4.78, 5) is 9.00. The van der Waals surface area contributed by atoms with Gasteiger partial charge in [-0.2, -0.15) is 0 Å². The van der Waals surface area contributed by atoms with Crippen LogP contribution in [0.5, 0.6) is 11.5 Å². The molecule has 2 atom stereocenters. The molecule has 2 aromatic rings. The van der Waals surface area contributed by atoms with Crippen molar-refractivity contribution in [2.24, 2.45) is 5.92 Å². The number of aromatic nitrogens is 3. The van der Waals surface area contributed by atoms with Gasteiger partial charge in [-0.3, -0.25) is 0 Å². The zero-order valence-corrected chi connectivity index (χ0v) is 16.1. The van der Waals surface area contributed by atoms with Crippen molar-refractivity contribution in [1.82, 2.24) is 20.1 Å². The van der Waals surface area contributed by atoms with Crippen LogP contribution in [0.3, 0.4) is 0 Å². The highest BCUT2D eigenvalue weighted by Gasteiger charge is 2.39. The van der Waals surface area contributed by atoms with E-state index < -0.39 is 12.1 Å². The number of aromatic hydroxyl groups is 1. The van der Waals surface area contributed by atoms with Crippen LogP contribution in [0.1, 0.15) is 18.5 Å². The zero-order valence-electron chi connectivity index (χ0n) is 16.1. The van der Waals surface area contributed by atoms with Crippen molar-refractivity contribution in [3.63, 3.8) is 0 Å². The van der Waals surface area contributed by atoms with Crippen LogP contribution < -0.4 is 9.64 Å². The molecule has 0 spiro atoms. The second-order valence-corrected chi connectivity index (χ2v) is 7.63. The Hall–Kier alpha value is -2.62. The summed E-state index contributed by atoms with van der Waals surface area (Å²) in [5, 5.41) is 18.5. The van der Waals surface area contributed by atoms with Crippen molar-refractivity contribution in [1.29, 1.82) is 0 Å². The third-order valence-corrected chi connectivity index (χ3v) is 5.63. The van der Waals surface area contributed by atoms with Crippen molar-refractivity contribution in [3.8, 4) is 22.8 Å². The van der Waals surface area contributed by atoms with Gasteiger partial charge in [-0.15, -0.1) is 23.4 Å². The van der Waals surface area contributed by atoms with Crippen molar-refractivity contribution in [3.05, 3.63) is 23.9 Å². The molecular formula is C19H22F3N5O2. The van der Waals surface area contributed by atoms with Gasteiger partial charge in [0.05, 0.1) is 5.69 Å². The van der Waals surface area contributed by atoms with E-state index in [9.17, 15) is 18.3 Å². The van der Waals surface area contributed by atoms with E-state index in [0.717, 1.165) is 50.7 Å². The first kappa shape index (κ1) is 19.7. The fraction of sp³-hybridized carbons (Fsp3) is 0.526. The Kier molecular flexibility index (Phi) is 4.97. The lowest BCUT2D eigenvalue weighted by Crippen LogP contribution is -2.47. The molecule has 7 nitrogen and oxygen atoms in total. The number of likely N-dealkylation sites (N-methyl/N-ethyl adjacent to an activating group) is 1. The van der Waals surface area contributed by atoms with E-state index in [4.69, 9.17) is 0 Å². The molecule has 0 radical (unpaired) electrons. The van der Waals surface area contributed by atoms with Crippen molar-refractivity contribution in [2.45, 2.75) is 32.2 Å². The molecule has 156 valence electrons. The van der Waals surface area contributed by atoms with Crippen LogP contribution in [0.25, 0.3) is 11.3 Å². The molecule has 0 bridgehead atoms. The standard InChI is InChI=1S/C19H22F3N5O2/c1-11-17(14-9-13(3-4-16(14)28)29-19(20,21)22)24-25-18(23-11)27-8-6-12-5-7-26(2)10-15(12)27/h3-4,9,12,15,28H,5-8,10H2,1-2H3/t12-,15-/m0/s1. The summed E-state index contributed by atoms with van der Waals surface area (Å²) in [6.45, 7) is 4.57. The number of phenols is 1. The quantitative estimate of drug-likeness (QED) is 0.835. The molecule has 0 aliphatic carbocycles. The molecule has 1 N–H and O–H groups in total. The normalized spacial score (nSPS) is 22.6. The number of benzene rings is 1. The number of rotatable bonds is 3. The van der Waals surface area contributed by atoms with Crippen LogP contribution in [0, 0.1) is 12.8 Å². The first-order chi connectivity index (χ1) is 13.7. The molecule has 4 rings (SSSR count). The fourth-order valence-electron chi connectivity index (χ4n) is 4.21. The zero-order chi connectivity index (χ0) is 20.8. The van der Waals surface area contributed by atoms with Crippen molar-refractivity contribution < 1.29 is 23.0 Å². The monoisotopic (exact) mass is 409 g/mol. The maximum Gasteiger partial charge on any atom is 0.573 e. The van der Waals surface area contributed by atoms with Crippen molar-refractivity contribution in [2.75, 3.05) is 31.6 Å². The van der Waals surface area contributed by atoms with Crippen LogP contribution in [-0.4, -0.2) is 64.3 Å². The molecule has 3 heterocycles.